The number of nitrogens with zero attached hydrogens (tertiary/aromatic N) is 2. The van der Waals surface area contributed by atoms with E-state index in [4.69, 9.17) is 4.74 Å². The predicted octanol–water partition coefficient (Wildman–Crippen LogP) is 3.42. The Kier molecular flexibility index (Phi) is 6.32. The number of hydrogen-bond donors (Lipinski definition) is 0. The molecule has 0 spiro atoms. The SMILES string of the molecule is COc1ccc(C(=O)N2CCCN(C(=O)CC(C)(C)C)CC2)c(C)c1C. The molecule has 1 aromatic rings. The molecule has 2 amide bonds. The maximum atomic E-state index is 13.0. The Morgan fingerprint density at radius 3 is 2.23 bits per heavy atom. The molecule has 144 valence electrons. The summed E-state index contributed by atoms with van der Waals surface area (Å²) in [6, 6.07) is 3.70. The summed E-state index contributed by atoms with van der Waals surface area (Å²) in [6.07, 6.45) is 1.35. The standard InChI is InChI=1S/C21H32N2O3/c1-15-16(2)18(26-6)9-8-17(15)20(25)23-11-7-10-22(12-13-23)19(24)14-21(3,4)5/h8-9H,7,10-14H2,1-6H3. The van der Waals surface area contributed by atoms with E-state index in [1.54, 1.807) is 7.11 Å². The van der Waals surface area contributed by atoms with Crippen LogP contribution in [0.15, 0.2) is 12.1 Å². The monoisotopic (exact) mass is 360 g/mol. The van der Waals surface area contributed by atoms with Crippen molar-refractivity contribution in [1.29, 1.82) is 0 Å². The summed E-state index contributed by atoms with van der Waals surface area (Å²) in [4.78, 5) is 29.3. The minimum atomic E-state index is -0.0172. The maximum Gasteiger partial charge on any atom is 0.254 e. The Morgan fingerprint density at radius 1 is 1.00 bits per heavy atom. The van der Waals surface area contributed by atoms with Gasteiger partial charge in [-0.15, -0.1) is 0 Å². The Hall–Kier alpha value is -2.04. The van der Waals surface area contributed by atoms with Gasteiger partial charge in [0.05, 0.1) is 7.11 Å². The van der Waals surface area contributed by atoms with Gasteiger partial charge >= 0.3 is 0 Å². The average molecular weight is 360 g/mol. The third-order valence-corrected chi connectivity index (χ3v) is 5.01. The van der Waals surface area contributed by atoms with Crippen LogP contribution in [-0.4, -0.2) is 54.9 Å². The van der Waals surface area contributed by atoms with Crippen LogP contribution in [0.4, 0.5) is 0 Å². The zero-order valence-corrected chi connectivity index (χ0v) is 17.0. The van der Waals surface area contributed by atoms with E-state index in [2.05, 4.69) is 20.8 Å². The molecular formula is C21H32N2O3. The highest BCUT2D eigenvalue weighted by molar-refractivity contribution is 5.96. The molecule has 1 saturated heterocycles. The molecule has 0 saturated carbocycles. The Morgan fingerprint density at radius 2 is 1.62 bits per heavy atom. The first-order chi connectivity index (χ1) is 12.1. The molecule has 1 fully saturated rings. The van der Waals surface area contributed by atoms with Gasteiger partial charge in [-0.2, -0.15) is 0 Å². The number of methoxy groups -OCH3 is 1. The third kappa shape index (κ3) is 4.77. The van der Waals surface area contributed by atoms with Crippen LogP contribution in [0.25, 0.3) is 0 Å². The maximum absolute atomic E-state index is 13.0. The summed E-state index contributed by atoms with van der Waals surface area (Å²) in [5.41, 5.74) is 2.66. The van der Waals surface area contributed by atoms with Crippen LogP contribution in [0.2, 0.25) is 0 Å². The van der Waals surface area contributed by atoms with Crippen LogP contribution >= 0.6 is 0 Å². The van der Waals surface area contributed by atoms with Crippen LogP contribution in [0.1, 0.15) is 55.1 Å². The highest BCUT2D eigenvalue weighted by atomic mass is 16.5. The van der Waals surface area contributed by atoms with Crippen molar-refractivity contribution < 1.29 is 14.3 Å². The largest absolute Gasteiger partial charge is 0.496 e. The first kappa shape index (κ1) is 20.3. The quantitative estimate of drug-likeness (QED) is 0.830. The second-order valence-corrected chi connectivity index (χ2v) is 8.33. The number of rotatable bonds is 3. The normalized spacial score (nSPS) is 15.6. The highest BCUT2D eigenvalue weighted by Gasteiger charge is 2.26. The molecule has 0 aliphatic carbocycles. The van der Waals surface area contributed by atoms with Crippen LogP contribution in [-0.2, 0) is 4.79 Å². The molecule has 1 aliphatic heterocycles. The third-order valence-electron chi connectivity index (χ3n) is 5.01. The van der Waals surface area contributed by atoms with Gasteiger partial charge in [0.15, 0.2) is 0 Å². The highest BCUT2D eigenvalue weighted by Crippen LogP contribution is 2.25. The Balaban J connectivity index is 2.08. The van der Waals surface area contributed by atoms with Gasteiger partial charge in [-0.25, -0.2) is 0 Å². The van der Waals surface area contributed by atoms with Crippen molar-refractivity contribution in [3.63, 3.8) is 0 Å². The Labute approximate surface area is 157 Å². The molecule has 2 rings (SSSR count). The van der Waals surface area contributed by atoms with Crippen LogP contribution in [0, 0.1) is 19.3 Å². The molecule has 0 aromatic heterocycles. The molecule has 0 bridgehead atoms. The van der Waals surface area contributed by atoms with Crippen LogP contribution in [0.5, 0.6) is 5.75 Å². The number of carbonyl (C=O) groups is 2. The van der Waals surface area contributed by atoms with E-state index in [0.717, 1.165) is 35.4 Å². The van der Waals surface area contributed by atoms with Crippen molar-refractivity contribution in [2.45, 2.75) is 47.5 Å². The van der Waals surface area contributed by atoms with Crippen molar-refractivity contribution in [3.05, 3.63) is 28.8 Å². The lowest BCUT2D eigenvalue weighted by atomic mass is 9.91. The van der Waals surface area contributed by atoms with Crippen molar-refractivity contribution in [1.82, 2.24) is 9.80 Å². The molecule has 1 heterocycles. The molecule has 0 N–H and O–H groups in total. The lowest BCUT2D eigenvalue weighted by Crippen LogP contribution is -2.38. The van der Waals surface area contributed by atoms with Crippen molar-refractivity contribution in [2.24, 2.45) is 5.41 Å². The first-order valence-electron chi connectivity index (χ1n) is 9.35. The summed E-state index contributed by atoms with van der Waals surface area (Å²) in [5.74, 6) is 1.02. The molecular weight excluding hydrogens is 328 g/mol. The van der Waals surface area contributed by atoms with Crippen LogP contribution < -0.4 is 4.74 Å². The average Bonchev–Trinajstić information content (AvgIpc) is 2.81. The van der Waals surface area contributed by atoms with Gasteiger partial charge in [-0.05, 0) is 48.9 Å². The zero-order valence-electron chi connectivity index (χ0n) is 17.0. The molecule has 5 nitrogen and oxygen atoms in total. The fourth-order valence-electron chi connectivity index (χ4n) is 3.35. The number of amides is 2. The van der Waals surface area contributed by atoms with E-state index in [0.29, 0.717) is 26.1 Å². The van der Waals surface area contributed by atoms with Crippen LogP contribution in [0.3, 0.4) is 0 Å². The van der Waals surface area contributed by atoms with Crippen molar-refractivity contribution in [2.75, 3.05) is 33.3 Å². The predicted molar refractivity (Wildman–Crippen MR) is 104 cm³/mol. The van der Waals surface area contributed by atoms with E-state index in [1.165, 1.54) is 0 Å². The smallest absolute Gasteiger partial charge is 0.254 e. The number of ether oxygens (including phenoxy) is 1. The fraction of sp³-hybridized carbons (Fsp3) is 0.619. The number of benzene rings is 1. The summed E-state index contributed by atoms with van der Waals surface area (Å²) < 4.78 is 5.34. The van der Waals surface area contributed by atoms with Gasteiger partial charge in [0.1, 0.15) is 5.75 Å². The molecule has 1 aliphatic rings. The summed E-state index contributed by atoms with van der Waals surface area (Å²) in [7, 11) is 1.64. The summed E-state index contributed by atoms with van der Waals surface area (Å²) in [6.45, 7) is 12.8. The first-order valence-corrected chi connectivity index (χ1v) is 9.35. The van der Waals surface area contributed by atoms with Crippen molar-refractivity contribution >= 4 is 11.8 Å². The molecule has 1 aromatic carbocycles. The lowest BCUT2D eigenvalue weighted by molar-refractivity contribution is -0.132. The van der Waals surface area contributed by atoms with Gasteiger partial charge in [0, 0.05) is 38.2 Å². The number of hydrogen-bond acceptors (Lipinski definition) is 3. The van der Waals surface area contributed by atoms with E-state index in [9.17, 15) is 9.59 Å². The fourth-order valence-corrected chi connectivity index (χ4v) is 3.35. The lowest BCUT2D eigenvalue weighted by Gasteiger charge is -2.26. The number of carbonyl (C=O) groups excluding carboxylic acids is 2. The topological polar surface area (TPSA) is 49.9 Å². The molecule has 0 unspecified atom stereocenters. The van der Waals surface area contributed by atoms with Crippen molar-refractivity contribution in [3.8, 4) is 5.75 Å². The van der Waals surface area contributed by atoms with Gasteiger partial charge in [0.25, 0.3) is 5.91 Å². The van der Waals surface area contributed by atoms with E-state index in [-0.39, 0.29) is 17.2 Å². The second-order valence-electron chi connectivity index (χ2n) is 8.33. The van der Waals surface area contributed by atoms with E-state index in [1.807, 2.05) is 35.8 Å². The minimum Gasteiger partial charge on any atom is -0.496 e. The van der Waals surface area contributed by atoms with Gasteiger partial charge in [-0.3, -0.25) is 9.59 Å². The second kappa shape index (κ2) is 8.11. The van der Waals surface area contributed by atoms with E-state index >= 15 is 0 Å². The van der Waals surface area contributed by atoms with Gasteiger partial charge in [0.2, 0.25) is 5.91 Å². The minimum absolute atomic E-state index is 0.0172. The van der Waals surface area contributed by atoms with Gasteiger partial charge in [-0.1, -0.05) is 20.8 Å². The molecule has 0 radical (unpaired) electrons. The zero-order chi connectivity index (χ0) is 19.5. The summed E-state index contributed by atoms with van der Waals surface area (Å²) >= 11 is 0. The molecule has 26 heavy (non-hydrogen) atoms. The van der Waals surface area contributed by atoms with E-state index < -0.39 is 0 Å². The molecule has 5 heteroatoms. The van der Waals surface area contributed by atoms with Gasteiger partial charge < -0.3 is 14.5 Å². The molecule has 0 atom stereocenters. The Bertz CT molecular complexity index is 677. The summed E-state index contributed by atoms with van der Waals surface area (Å²) in [5, 5.41) is 0.